The fourth-order valence-corrected chi connectivity index (χ4v) is 0.779. The maximum atomic E-state index is 9.15. The van der Waals surface area contributed by atoms with Crippen molar-refractivity contribution in [3.05, 3.63) is 30.0 Å². The summed E-state index contributed by atoms with van der Waals surface area (Å²) >= 11 is 0. The lowest BCUT2D eigenvalue weighted by atomic mass is 10.2. The average molecular weight is 151 g/mol. The zero-order valence-corrected chi connectivity index (χ0v) is 5.86. The van der Waals surface area contributed by atoms with Gasteiger partial charge in [-0.15, -0.1) is 0 Å². The lowest BCUT2D eigenvalue weighted by Crippen LogP contribution is -1.78. The molecule has 58 valence electrons. The van der Waals surface area contributed by atoms with Crippen LogP contribution in [-0.4, -0.2) is 10.2 Å². The van der Waals surface area contributed by atoms with E-state index in [0.717, 1.165) is 0 Å². The van der Waals surface area contributed by atoms with E-state index in [0.29, 0.717) is 5.56 Å². The first kappa shape index (κ1) is 7.47. The molecule has 1 aromatic rings. The van der Waals surface area contributed by atoms with E-state index in [-0.39, 0.29) is 11.5 Å². The summed E-state index contributed by atoms with van der Waals surface area (Å²) in [5, 5.41) is 18.1. The minimum Gasteiger partial charge on any atom is -0.508 e. The molecule has 0 radical (unpaired) electrons. The summed E-state index contributed by atoms with van der Waals surface area (Å²) in [6, 6.07) is 4.24. The van der Waals surface area contributed by atoms with Crippen LogP contribution >= 0.6 is 0 Å². The zero-order chi connectivity index (χ0) is 8.27. The van der Waals surface area contributed by atoms with E-state index < -0.39 is 0 Å². The minimum atomic E-state index is 0.101. The maximum Gasteiger partial charge on any atom is 0.123 e. The number of benzene rings is 1. The third-order valence-electron chi connectivity index (χ3n) is 1.29. The summed E-state index contributed by atoms with van der Waals surface area (Å²) in [5.74, 6) is 0.209. The lowest BCUT2D eigenvalue weighted by Gasteiger charge is -1.98. The van der Waals surface area contributed by atoms with Crippen LogP contribution in [-0.2, 0) is 0 Å². The smallest absolute Gasteiger partial charge is 0.123 e. The first-order valence-electron chi connectivity index (χ1n) is 3.14. The topological polar surface area (TPSA) is 66.5 Å². The molecule has 0 aliphatic carbocycles. The van der Waals surface area contributed by atoms with Crippen molar-refractivity contribution >= 4 is 6.08 Å². The van der Waals surface area contributed by atoms with Gasteiger partial charge in [-0.25, -0.2) is 0 Å². The van der Waals surface area contributed by atoms with E-state index in [1.165, 1.54) is 30.5 Å². The van der Waals surface area contributed by atoms with Crippen LogP contribution in [0.4, 0.5) is 0 Å². The predicted octanol–water partition coefficient (Wildman–Crippen LogP) is 1.03. The molecular formula is C8H9NO2. The number of rotatable bonds is 1. The Hall–Kier alpha value is -1.64. The molecule has 0 aromatic heterocycles. The molecular weight excluding hydrogens is 142 g/mol. The van der Waals surface area contributed by atoms with Gasteiger partial charge in [-0.3, -0.25) is 0 Å². The Bertz CT molecular complexity index is 281. The van der Waals surface area contributed by atoms with Crippen molar-refractivity contribution in [2.75, 3.05) is 0 Å². The number of aromatic hydroxyl groups is 2. The van der Waals surface area contributed by atoms with Gasteiger partial charge in [0, 0.05) is 5.56 Å². The third-order valence-corrected chi connectivity index (χ3v) is 1.29. The van der Waals surface area contributed by atoms with Crippen molar-refractivity contribution in [2.45, 2.75) is 0 Å². The molecule has 1 aromatic carbocycles. The Morgan fingerprint density at radius 2 is 2.00 bits per heavy atom. The molecule has 11 heavy (non-hydrogen) atoms. The van der Waals surface area contributed by atoms with Crippen molar-refractivity contribution in [1.29, 1.82) is 0 Å². The van der Waals surface area contributed by atoms with Crippen LogP contribution < -0.4 is 5.73 Å². The summed E-state index contributed by atoms with van der Waals surface area (Å²) in [4.78, 5) is 0. The van der Waals surface area contributed by atoms with Crippen LogP contribution in [0.1, 0.15) is 5.56 Å². The Morgan fingerprint density at radius 3 is 2.64 bits per heavy atom. The summed E-state index contributed by atoms with van der Waals surface area (Å²) in [6.07, 6.45) is 2.81. The standard InChI is InChI=1S/C8H9NO2/c9-4-3-6-5-7(10)1-2-8(6)11/h1-5,10-11H,9H2/b4-3+. The van der Waals surface area contributed by atoms with Crippen LogP contribution in [0.25, 0.3) is 6.08 Å². The highest BCUT2D eigenvalue weighted by Gasteiger charge is 1.96. The Balaban J connectivity index is 3.12. The molecule has 3 heteroatoms. The highest BCUT2D eigenvalue weighted by Crippen LogP contribution is 2.22. The van der Waals surface area contributed by atoms with Crippen molar-refractivity contribution in [2.24, 2.45) is 5.73 Å². The van der Waals surface area contributed by atoms with Crippen molar-refractivity contribution in [1.82, 2.24) is 0 Å². The Labute approximate surface area is 64.4 Å². The SMILES string of the molecule is N/C=C/c1cc(O)ccc1O. The van der Waals surface area contributed by atoms with Crippen LogP contribution in [0.2, 0.25) is 0 Å². The summed E-state index contributed by atoms with van der Waals surface area (Å²) in [6.45, 7) is 0. The second kappa shape index (κ2) is 2.96. The number of hydrogen-bond acceptors (Lipinski definition) is 3. The Kier molecular flexibility index (Phi) is 2.01. The fraction of sp³-hybridized carbons (Fsp3) is 0. The minimum absolute atomic E-state index is 0.101. The van der Waals surface area contributed by atoms with Crippen LogP contribution in [0.5, 0.6) is 11.5 Å². The molecule has 0 spiro atoms. The van der Waals surface area contributed by atoms with Crippen LogP contribution in [0.3, 0.4) is 0 Å². The first-order valence-corrected chi connectivity index (χ1v) is 3.14. The molecule has 1 rings (SSSR count). The van der Waals surface area contributed by atoms with Gasteiger partial charge in [0.05, 0.1) is 0 Å². The van der Waals surface area contributed by atoms with Gasteiger partial charge in [-0.2, -0.15) is 0 Å². The van der Waals surface area contributed by atoms with E-state index in [1.807, 2.05) is 0 Å². The largest absolute Gasteiger partial charge is 0.508 e. The normalized spacial score (nSPS) is 10.5. The average Bonchev–Trinajstić information content (AvgIpc) is 1.98. The second-order valence-corrected chi connectivity index (χ2v) is 2.10. The van der Waals surface area contributed by atoms with Gasteiger partial charge in [0.2, 0.25) is 0 Å². The first-order chi connectivity index (χ1) is 5.24. The summed E-state index contributed by atoms with van der Waals surface area (Å²) in [7, 11) is 0. The number of hydrogen-bond donors (Lipinski definition) is 3. The number of nitrogens with two attached hydrogens (primary N) is 1. The Morgan fingerprint density at radius 1 is 1.27 bits per heavy atom. The maximum absolute atomic E-state index is 9.15. The highest BCUT2D eigenvalue weighted by atomic mass is 16.3. The van der Waals surface area contributed by atoms with Gasteiger partial charge in [0.25, 0.3) is 0 Å². The molecule has 0 fully saturated rings. The molecule has 0 unspecified atom stereocenters. The molecule has 0 aliphatic heterocycles. The monoisotopic (exact) mass is 151 g/mol. The van der Waals surface area contributed by atoms with Crippen molar-refractivity contribution < 1.29 is 10.2 Å². The molecule has 0 saturated carbocycles. The molecule has 0 atom stereocenters. The van der Waals surface area contributed by atoms with Crippen molar-refractivity contribution in [3.8, 4) is 11.5 Å². The van der Waals surface area contributed by atoms with Gasteiger partial charge in [-0.05, 0) is 30.5 Å². The summed E-state index contributed by atoms with van der Waals surface area (Å²) < 4.78 is 0. The molecule has 0 amide bonds. The van der Waals surface area contributed by atoms with E-state index >= 15 is 0 Å². The molecule has 0 bridgehead atoms. The molecule has 0 heterocycles. The lowest BCUT2D eigenvalue weighted by molar-refractivity contribution is 0.459. The molecule has 0 aliphatic rings. The van der Waals surface area contributed by atoms with Gasteiger partial charge in [0.1, 0.15) is 11.5 Å². The van der Waals surface area contributed by atoms with E-state index in [1.54, 1.807) is 0 Å². The highest BCUT2D eigenvalue weighted by molar-refractivity contribution is 5.58. The number of phenols is 2. The molecule has 3 nitrogen and oxygen atoms in total. The van der Waals surface area contributed by atoms with Gasteiger partial charge in [0.15, 0.2) is 0 Å². The van der Waals surface area contributed by atoms with E-state index in [2.05, 4.69) is 0 Å². The number of phenolic OH excluding ortho intramolecular Hbond substituents is 2. The van der Waals surface area contributed by atoms with Gasteiger partial charge < -0.3 is 15.9 Å². The van der Waals surface area contributed by atoms with E-state index in [9.17, 15) is 0 Å². The van der Waals surface area contributed by atoms with Crippen molar-refractivity contribution in [3.63, 3.8) is 0 Å². The zero-order valence-electron chi connectivity index (χ0n) is 5.86. The van der Waals surface area contributed by atoms with Crippen LogP contribution in [0.15, 0.2) is 24.4 Å². The van der Waals surface area contributed by atoms with Crippen LogP contribution in [0, 0.1) is 0 Å². The van der Waals surface area contributed by atoms with Gasteiger partial charge >= 0.3 is 0 Å². The molecule has 4 N–H and O–H groups in total. The van der Waals surface area contributed by atoms with Gasteiger partial charge in [-0.1, -0.05) is 0 Å². The quantitative estimate of drug-likeness (QED) is 0.525. The fourth-order valence-electron chi connectivity index (χ4n) is 0.779. The third kappa shape index (κ3) is 1.64. The summed E-state index contributed by atoms with van der Waals surface area (Å²) in [5.41, 5.74) is 5.61. The second-order valence-electron chi connectivity index (χ2n) is 2.10. The molecule has 0 saturated heterocycles. The van der Waals surface area contributed by atoms with E-state index in [4.69, 9.17) is 15.9 Å². The predicted molar refractivity (Wildman–Crippen MR) is 43.0 cm³/mol.